The normalized spacial score (nSPS) is 11.9. The molecule has 7 N–H and O–H groups in total. The number of aliphatic hydroxyl groups excluding tert-OH is 1. The zero-order chi connectivity index (χ0) is 21.3. The summed E-state index contributed by atoms with van der Waals surface area (Å²) in [6.45, 7) is 0. The lowest BCUT2D eigenvalue weighted by Gasteiger charge is -2.19. The first kappa shape index (κ1) is 19.3. The van der Waals surface area contributed by atoms with Gasteiger partial charge < -0.3 is 26.6 Å². The summed E-state index contributed by atoms with van der Waals surface area (Å²) in [4.78, 5) is 16.1. The van der Waals surface area contributed by atoms with E-state index in [0.717, 1.165) is 10.8 Å². The van der Waals surface area contributed by atoms with Gasteiger partial charge in [-0.2, -0.15) is 0 Å². The van der Waals surface area contributed by atoms with Crippen LogP contribution in [-0.4, -0.2) is 23.3 Å². The molecular weight excluding hydrogens is 382 g/mol. The molecule has 0 bridgehead atoms. The third-order valence-electron chi connectivity index (χ3n) is 4.74. The highest BCUT2D eigenvalue weighted by Gasteiger charge is 2.15. The predicted octanol–water partition coefficient (Wildman–Crippen LogP) is 3.83. The molecule has 3 aromatic carbocycles. The van der Waals surface area contributed by atoms with Crippen molar-refractivity contribution >= 4 is 50.6 Å². The number of ether oxygens (including phenoxy) is 1. The summed E-state index contributed by atoms with van der Waals surface area (Å²) in [5.41, 5.74) is 16.2. The first-order valence-corrected chi connectivity index (χ1v) is 9.22. The van der Waals surface area contributed by atoms with E-state index in [9.17, 15) is 9.90 Å². The minimum atomic E-state index is -1.05. The second kappa shape index (κ2) is 7.76. The summed E-state index contributed by atoms with van der Waals surface area (Å²) in [5, 5.41) is 18.3. The Bertz CT molecular complexity index is 1200. The zero-order valence-electron chi connectivity index (χ0n) is 16.2. The Labute approximate surface area is 172 Å². The van der Waals surface area contributed by atoms with E-state index in [1.807, 2.05) is 12.1 Å². The maximum Gasteiger partial charge on any atom is 0.411 e. The number of benzene rings is 3. The molecule has 30 heavy (non-hydrogen) atoms. The summed E-state index contributed by atoms with van der Waals surface area (Å²) in [7, 11) is 1.29. The molecule has 1 unspecified atom stereocenters. The Hall–Kier alpha value is -4.04. The molecule has 4 aromatic rings. The molecule has 0 aliphatic rings. The third-order valence-corrected chi connectivity index (χ3v) is 4.74. The van der Waals surface area contributed by atoms with Crippen LogP contribution < -0.4 is 22.1 Å². The van der Waals surface area contributed by atoms with Crippen molar-refractivity contribution in [1.82, 2.24) is 4.98 Å². The van der Waals surface area contributed by atoms with Crippen molar-refractivity contribution in [2.75, 3.05) is 29.2 Å². The van der Waals surface area contributed by atoms with Crippen molar-refractivity contribution < 1.29 is 14.6 Å². The van der Waals surface area contributed by atoms with Crippen LogP contribution in [-0.2, 0) is 4.74 Å². The molecule has 8 nitrogen and oxygen atoms in total. The lowest BCUT2D eigenvalue weighted by Crippen LogP contribution is -2.13. The standard InChI is InChI=1S/C22H21N5O3/c1-30-22(29)25-15-4-2-3-12(9-15)21(28)27-20-16-7-5-13(23)10-18(16)26-19-11-14(24)6-8-17(19)20/h2-11,21,28H,23-24H2,1H3,(H,25,29)(H,26,27). The topological polar surface area (TPSA) is 136 Å². The second-order valence-corrected chi connectivity index (χ2v) is 6.83. The molecule has 0 saturated heterocycles. The van der Waals surface area contributed by atoms with E-state index in [0.29, 0.717) is 39.3 Å². The van der Waals surface area contributed by atoms with Crippen LogP contribution in [0.5, 0.6) is 0 Å². The molecule has 1 heterocycles. The van der Waals surface area contributed by atoms with Gasteiger partial charge in [0.2, 0.25) is 0 Å². The number of methoxy groups -OCH3 is 1. The van der Waals surface area contributed by atoms with E-state index in [2.05, 4.69) is 20.4 Å². The molecule has 0 saturated carbocycles. The van der Waals surface area contributed by atoms with Crippen LogP contribution in [0, 0.1) is 0 Å². The highest BCUT2D eigenvalue weighted by atomic mass is 16.5. The summed E-state index contributed by atoms with van der Waals surface area (Å²) in [6.07, 6.45) is -1.63. The van der Waals surface area contributed by atoms with Gasteiger partial charge in [-0.05, 0) is 48.5 Å². The van der Waals surface area contributed by atoms with E-state index in [1.54, 1.807) is 48.5 Å². The van der Waals surface area contributed by atoms with Crippen LogP contribution in [0.4, 0.5) is 27.5 Å². The number of nitrogens with one attached hydrogen (secondary N) is 2. The summed E-state index contributed by atoms with van der Waals surface area (Å²) in [5.74, 6) is 0. The van der Waals surface area contributed by atoms with E-state index in [1.165, 1.54) is 7.11 Å². The third kappa shape index (κ3) is 3.76. The van der Waals surface area contributed by atoms with E-state index in [4.69, 9.17) is 11.5 Å². The maximum absolute atomic E-state index is 11.5. The van der Waals surface area contributed by atoms with Gasteiger partial charge in [0.25, 0.3) is 0 Å². The SMILES string of the molecule is COC(=O)Nc1cccc(C(O)Nc2c3ccc(N)cc3nc3cc(N)ccc23)c1. The van der Waals surface area contributed by atoms with Gasteiger partial charge in [0.1, 0.15) is 0 Å². The molecular formula is C22H21N5O3. The first-order chi connectivity index (χ1) is 14.4. The fourth-order valence-electron chi connectivity index (χ4n) is 3.31. The Morgan fingerprint density at radius 1 is 1.00 bits per heavy atom. The van der Waals surface area contributed by atoms with Gasteiger partial charge in [-0.3, -0.25) is 5.32 Å². The van der Waals surface area contributed by atoms with Crippen molar-refractivity contribution in [2.24, 2.45) is 0 Å². The van der Waals surface area contributed by atoms with Gasteiger partial charge in [-0.15, -0.1) is 0 Å². The molecule has 152 valence electrons. The highest BCUT2D eigenvalue weighted by Crippen LogP contribution is 2.34. The summed E-state index contributed by atoms with van der Waals surface area (Å²) >= 11 is 0. The maximum atomic E-state index is 11.5. The minimum absolute atomic E-state index is 0.505. The Kier molecular flexibility index (Phi) is 4.99. The number of carbonyl (C=O) groups excluding carboxylic acids is 1. The van der Waals surface area contributed by atoms with Crippen LogP contribution >= 0.6 is 0 Å². The van der Waals surface area contributed by atoms with Gasteiger partial charge in [-0.25, -0.2) is 9.78 Å². The molecule has 0 spiro atoms. The summed E-state index contributed by atoms with van der Waals surface area (Å²) < 4.78 is 4.61. The Morgan fingerprint density at radius 2 is 1.63 bits per heavy atom. The van der Waals surface area contributed by atoms with Gasteiger partial charge in [0, 0.05) is 33.4 Å². The number of amides is 1. The number of pyridine rings is 1. The lowest BCUT2D eigenvalue weighted by atomic mass is 10.1. The number of anilines is 4. The van der Waals surface area contributed by atoms with Crippen LogP contribution in [0.3, 0.4) is 0 Å². The number of nitrogens with two attached hydrogens (primary N) is 2. The molecule has 0 aliphatic carbocycles. The van der Waals surface area contributed by atoms with Gasteiger partial charge in [-0.1, -0.05) is 12.1 Å². The molecule has 1 aromatic heterocycles. The second-order valence-electron chi connectivity index (χ2n) is 6.83. The molecule has 1 atom stereocenters. The number of nitrogen functional groups attached to an aromatic ring is 2. The minimum Gasteiger partial charge on any atom is -0.453 e. The van der Waals surface area contributed by atoms with Crippen LogP contribution in [0.25, 0.3) is 21.8 Å². The summed E-state index contributed by atoms with van der Waals surface area (Å²) in [6, 6.07) is 17.7. The number of aliphatic hydroxyl groups is 1. The number of hydrogen-bond acceptors (Lipinski definition) is 7. The molecule has 4 rings (SSSR count). The van der Waals surface area contributed by atoms with Crippen LogP contribution in [0.1, 0.15) is 11.8 Å². The zero-order valence-corrected chi connectivity index (χ0v) is 16.2. The van der Waals surface area contributed by atoms with Gasteiger partial charge in [0.05, 0.1) is 23.8 Å². The van der Waals surface area contributed by atoms with E-state index in [-0.39, 0.29) is 0 Å². The smallest absolute Gasteiger partial charge is 0.411 e. The van der Waals surface area contributed by atoms with Crippen molar-refractivity contribution in [3.05, 3.63) is 66.2 Å². The number of nitrogens with zero attached hydrogens (tertiary/aromatic N) is 1. The number of hydrogen-bond donors (Lipinski definition) is 5. The van der Waals surface area contributed by atoms with Crippen LogP contribution in [0.2, 0.25) is 0 Å². The molecule has 8 heteroatoms. The molecule has 1 amide bonds. The Morgan fingerprint density at radius 3 is 2.23 bits per heavy atom. The largest absolute Gasteiger partial charge is 0.453 e. The molecule has 0 radical (unpaired) electrons. The lowest BCUT2D eigenvalue weighted by molar-refractivity contribution is 0.187. The van der Waals surface area contributed by atoms with Crippen molar-refractivity contribution in [3.63, 3.8) is 0 Å². The fraction of sp³-hybridized carbons (Fsp3) is 0.0909. The van der Waals surface area contributed by atoms with Gasteiger partial charge in [0.15, 0.2) is 6.23 Å². The van der Waals surface area contributed by atoms with Crippen LogP contribution in [0.15, 0.2) is 60.7 Å². The average Bonchev–Trinajstić information content (AvgIpc) is 2.73. The first-order valence-electron chi connectivity index (χ1n) is 9.22. The monoisotopic (exact) mass is 403 g/mol. The predicted molar refractivity (Wildman–Crippen MR) is 119 cm³/mol. The number of aromatic nitrogens is 1. The van der Waals surface area contributed by atoms with Crippen molar-refractivity contribution in [1.29, 1.82) is 0 Å². The molecule has 0 fully saturated rings. The number of carbonyl (C=O) groups is 1. The fourth-order valence-corrected chi connectivity index (χ4v) is 3.31. The Balaban J connectivity index is 1.77. The van der Waals surface area contributed by atoms with E-state index < -0.39 is 12.3 Å². The van der Waals surface area contributed by atoms with Crippen molar-refractivity contribution in [3.8, 4) is 0 Å². The van der Waals surface area contributed by atoms with Gasteiger partial charge >= 0.3 is 6.09 Å². The number of fused-ring (bicyclic) bond motifs is 2. The van der Waals surface area contributed by atoms with E-state index >= 15 is 0 Å². The highest BCUT2D eigenvalue weighted by molar-refractivity contribution is 6.08. The average molecular weight is 403 g/mol. The number of rotatable bonds is 4. The quantitative estimate of drug-likeness (QED) is 0.198. The van der Waals surface area contributed by atoms with Crippen molar-refractivity contribution in [2.45, 2.75) is 6.23 Å². The molecule has 0 aliphatic heterocycles.